The molecule has 1 rings (SSSR count). The normalized spacial score (nSPS) is 11.6. The van der Waals surface area contributed by atoms with Gasteiger partial charge in [0, 0.05) is 16.9 Å². The molecule has 0 saturated carbocycles. The summed E-state index contributed by atoms with van der Waals surface area (Å²) >= 11 is 3.37. The third-order valence-electron chi connectivity index (χ3n) is 2.56. The number of hydrogen-bond acceptors (Lipinski definition) is 2. The van der Waals surface area contributed by atoms with Gasteiger partial charge in [0.1, 0.15) is 0 Å². The van der Waals surface area contributed by atoms with Crippen LogP contribution in [0.25, 0.3) is 0 Å². The first-order valence-electron chi connectivity index (χ1n) is 5.58. The molecule has 0 radical (unpaired) electrons. The Labute approximate surface area is 110 Å². The molecular formula is C13H15BrN2O. The van der Waals surface area contributed by atoms with Crippen molar-refractivity contribution in [3.8, 4) is 6.07 Å². The van der Waals surface area contributed by atoms with Gasteiger partial charge in [-0.1, -0.05) is 22.9 Å². The number of benzene rings is 1. The fraction of sp³-hybridized carbons (Fsp3) is 0.385. The molecule has 1 aromatic carbocycles. The minimum atomic E-state index is -0.0812. The van der Waals surface area contributed by atoms with Crippen LogP contribution in [0.5, 0.6) is 0 Å². The predicted molar refractivity (Wildman–Crippen MR) is 71.1 cm³/mol. The van der Waals surface area contributed by atoms with Crippen molar-refractivity contribution >= 4 is 21.8 Å². The molecule has 1 N–H and O–H groups in total. The lowest BCUT2D eigenvalue weighted by Crippen LogP contribution is -2.34. The van der Waals surface area contributed by atoms with Crippen LogP contribution in [0.4, 0.5) is 0 Å². The number of nitrogens with zero attached hydrogens (tertiary/aromatic N) is 1. The second-order valence-corrected chi connectivity index (χ2v) is 4.54. The summed E-state index contributed by atoms with van der Waals surface area (Å²) in [7, 11) is 0. The summed E-state index contributed by atoms with van der Waals surface area (Å²) in [6.07, 6.45) is 1.83. The SMILES string of the molecule is CCC(CCBr)NC(=O)c1ccc(C#N)cc1. The summed E-state index contributed by atoms with van der Waals surface area (Å²) in [6, 6.07) is 8.88. The molecule has 0 aliphatic rings. The van der Waals surface area contributed by atoms with Crippen molar-refractivity contribution in [3.05, 3.63) is 35.4 Å². The number of carbonyl (C=O) groups excluding carboxylic acids is 1. The lowest BCUT2D eigenvalue weighted by Gasteiger charge is -2.15. The Morgan fingerprint density at radius 2 is 2.12 bits per heavy atom. The highest BCUT2D eigenvalue weighted by Gasteiger charge is 2.11. The van der Waals surface area contributed by atoms with Gasteiger partial charge >= 0.3 is 0 Å². The van der Waals surface area contributed by atoms with Crippen LogP contribution < -0.4 is 5.32 Å². The first-order valence-corrected chi connectivity index (χ1v) is 6.70. The summed E-state index contributed by atoms with van der Waals surface area (Å²) in [5, 5.41) is 12.5. The number of rotatable bonds is 5. The van der Waals surface area contributed by atoms with Gasteiger partial charge in [-0.2, -0.15) is 5.26 Å². The summed E-state index contributed by atoms with van der Waals surface area (Å²) in [5.41, 5.74) is 1.16. The standard InChI is InChI=1S/C13H15BrN2O/c1-2-12(7-8-14)16-13(17)11-5-3-10(9-15)4-6-11/h3-6,12H,2,7-8H2,1H3,(H,16,17). The molecule has 17 heavy (non-hydrogen) atoms. The van der Waals surface area contributed by atoms with E-state index < -0.39 is 0 Å². The van der Waals surface area contributed by atoms with E-state index in [4.69, 9.17) is 5.26 Å². The van der Waals surface area contributed by atoms with Crippen LogP contribution >= 0.6 is 15.9 Å². The average molecular weight is 295 g/mol. The monoisotopic (exact) mass is 294 g/mol. The number of amides is 1. The zero-order valence-electron chi connectivity index (χ0n) is 9.74. The number of alkyl halides is 1. The van der Waals surface area contributed by atoms with E-state index >= 15 is 0 Å². The molecule has 1 unspecified atom stereocenters. The van der Waals surface area contributed by atoms with Crippen LogP contribution in [-0.2, 0) is 0 Å². The molecule has 0 spiro atoms. The number of nitriles is 1. The van der Waals surface area contributed by atoms with E-state index in [-0.39, 0.29) is 11.9 Å². The molecule has 0 aromatic heterocycles. The first-order chi connectivity index (χ1) is 8.21. The van der Waals surface area contributed by atoms with Gasteiger partial charge < -0.3 is 5.32 Å². The van der Waals surface area contributed by atoms with E-state index in [1.165, 1.54) is 0 Å². The fourth-order valence-corrected chi connectivity index (χ4v) is 2.03. The van der Waals surface area contributed by atoms with Crippen molar-refractivity contribution in [3.63, 3.8) is 0 Å². The van der Waals surface area contributed by atoms with Gasteiger partial charge in [-0.05, 0) is 37.1 Å². The third-order valence-corrected chi connectivity index (χ3v) is 3.02. The van der Waals surface area contributed by atoms with E-state index in [0.717, 1.165) is 18.2 Å². The summed E-state index contributed by atoms with van der Waals surface area (Å²) in [4.78, 5) is 11.9. The Bertz CT molecular complexity index is 408. The molecule has 0 bridgehead atoms. The molecule has 1 amide bonds. The first kappa shape index (κ1) is 13.7. The maximum atomic E-state index is 11.9. The quantitative estimate of drug-likeness (QED) is 0.849. The summed E-state index contributed by atoms with van der Waals surface area (Å²) < 4.78 is 0. The molecule has 0 heterocycles. The van der Waals surface area contributed by atoms with Crippen LogP contribution in [0.2, 0.25) is 0 Å². The highest BCUT2D eigenvalue weighted by molar-refractivity contribution is 9.09. The average Bonchev–Trinajstić information content (AvgIpc) is 2.38. The predicted octanol–water partition coefficient (Wildman–Crippen LogP) is 2.85. The number of hydrogen-bond donors (Lipinski definition) is 1. The van der Waals surface area contributed by atoms with Crippen molar-refractivity contribution in [2.45, 2.75) is 25.8 Å². The van der Waals surface area contributed by atoms with Gasteiger partial charge in [0.05, 0.1) is 11.6 Å². The zero-order chi connectivity index (χ0) is 12.7. The van der Waals surface area contributed by atoms with Crippen LogP contribution in [0.3, 0.4) is 0 Å². The smallest absolute Gasteiger partial charge is 0.251 e. The summed E-state index contributed by atoms with van der Waals surface area (Å²) in [6.45, 7) is 2.05. The Morgan fingerprint density at radius 1 is 1.47 bits per heavy atom. The van der Waals surface area contributed by atoms with Gasteiger partial charge in [0.15, 0.2) is 0 Å². The van der Waals surface area contributed by atoms with E-state index in [0.29, 0.717) is 11.1 Å². The molecular weight excluding hydrogens is 280 g/mol. The largest absolute Gasteiger partial charge is 0.349 e. The Morgan fingerprint density at radius 3 is 2.59 bits per heavy atom. The Hall–Kier alpha value is -1.34. The van der Waals surface area contributed by atoms with Crippen molar-refractivity contribution in [1.82, 2.24) is 5.32 Å². The minimum absolute atomic E-state index is 0.0812. The Balaban J connectivity index is 2.66. The molecule has 0 saturated heterocycles. The van der Waals surface area contributed by atoms with Crippen molar-refractivity contribution in [2.24, 2.45) is 0 Å². The summed E-state index contributed by atoms with van der Waals surface area (Å²) in [5.74, 6) is -0.0812. The lowest BCUT2D eigenvalue weighted by atomic mass is 10.1. The molecule has 0 aliphatic heterocycles. The zero-order valence-corrected chi connectivity index (χ0v) is 11.3. The number of carbonyl (C=O) groups is 1. The van der Waals surface area contributed by atoms with E-state index in [9.17, 15) is 4.79 Å². The lowest BCUT2D eigenvalue weighted by molar-refractivity contribution is 0.0935. The minimum Gasteiger partial charge on any atom is -0.349 e. The van der Waals surface area contributed by atoms with Gasteiger partial charge in [0.2, 0.25) is 0 Å². The molecule has 1 aromatic rings. The number of nitrogens with one attached hydrogen (secondary N) is 1. The topological polar surface area (TPSA) is 52.9 Å². The highest BCUT2D eigenvalue weighted by Crippen LogP contribution is 2.06. The molecule has 0 aliphatic carbocycles. The number of halogens is 1. The second-order valence-electron chi connectivity index (χ2n) is 3.75. The van der Waals surface area contributed by atoms with Gasteiger partial charge in [-0.3, -0.25) is 4.79 Å². The fourth-order valence-electron chi connectivity index (χ4n) is 1.47. The van der Waals surface area contributed by atoms with Crippen molar-refractivity contribution < 1.29 is 4.79 Å². The van der Waals surface area contributed by atoms with Gasteiger partial charge in [0.25, 0.3) is 5.91 Å². The van der Waals surface area contributed by atoms with Gasteiger partial charge in [-0.15, -0.1) is 0 Å². The van der Waals surface area contributed by atoms with E-state index in [1.807, 2.05) is 13.0 Å². The molecule has 0 fully saturated rings. The van der Waals surface area contributed by atoms with Crippen LogP contribution in [-0.4, -0.2) is 17.3 Å². The van der Waals surface area contributed by atoms with Crippen molar-refractivity contribution in [2.75, 3.05) is 5.33 Å². The van der Waals surface area contributed by atoms with Gasteiger partial charge in [-0.25, -0.2) is 0 Å². The molecule has 1 atom stereocenters. The maximum absolute atomic E-state index is 11.9. The van der Waals surface area contributed by atoms with Crippen LogP contribution in [0.15, 0.2) is 24.3 Å². The van der Waals surface area contributed by atoms with Crippen LogP contribution in [0.1, 0.15) is 35.7 Å². The second kappa shape index (κ2) is 7.08. The molecule has 4 heteroatoms. The highest BCUT2D eigenvalue weighted by atomic mass is 79.9. The molecule has 3 nitrogen and oxygen atoms in total. The van der Waals surface area contributed by atoms with E-state index in [1.54, 1.807) is 24.3 Å². The maximum Gasteiger partial charge on any atom is 0.251 e. The van der Waals surface area contributed by atoms with E-state index in [2.05, 4.69) is 21.2 Å². The third kappa shape index (κ3) is 4.20. The van der Waals surface area contributed by atoms with Crippen molar-refractivity contribution in [1.29, 1.82) is 5.26 Å². The van der Waals surface area contributed by atoms with Crippen LogP contribution in [0, 0.1) is 11.3 Å². The molecule has 90 valence electrons. The Kier molecular flexibility index (Phi) is 5.71.